The number of esters is 1. The highest BCUT2D eigenvalue weighted by Gasteiger charge is 2.34. The van der Waals surface area contributed by atoms with Crippen molar-refractivity contribution in [3.8, 4) is 0 Å². The third kappa shape index (κ3) is 5.77. The monoisotopic (exact) mass is 262 g/mol. The Kier molecular flexibility index (Phi) is 8.91. The van der Waals surface area contributed by atoms with Crippen molar-refractivity contribution in [1.29, 1.82) is 0 Å². The van der Waals surface area contributed by atoms with E-state index in [0.29, 0.717) is 19.8 Å². The van der Waals surface area contributed by atoms with Crippen LogP contribution in [0.4, 0.5) is 0 Å². The molecule has 0 aromatic rings. The van der Waals surface area contributed by atoms with E-state index in [0.717, 1.165) is 13.1 Å². The molecule has 0 aromatic carbocycles. The standard InChI is InChI=1S/C12H26N2O4/c1-12(13-2,11(15)18-5)10-14(6-8-16-3)7-9-17-4/h13H,6-10H2,1-5H3. The molecule has 0 rings (SSSR count). The molecule has 0 radical (unpaired) electrons. The average molecular weight is 262 g/mol. The number of rotatable bonds is 10. The summed E-state index contributed by atoms with van der Waals surface area (Å²) in [7, 11) is 6.46. The fourth-order valence-corrected chi connectivity index (χ4v) is 1.63. The average Bonchev–Trinajstić information content (AvgIpc) is 2.40. The molecule has 6 heteroatoms. The van der Waals surface area contributed by atoms with E-state index >= 15 is 0 Å². The number of ether oxygens (including phenoxy) is 3. The van der Waals surface area contributed by atoms with Crippen molar-refractivity contribution in [2.24, 2.45) is 0 Å². The molecule has 0 saturated carbocycles. The van der Waals surface area contributed by atoms with Gasteiger partial charge in [0, 0.05) is 33.9 Å². The molecular weight excluding hydrogens is 236 g/mol. The summed E-state index contributed by atoms with van der Waals surface area (Å²) in [5.74, 6) is -0.273. The van der Waals surface area contributed by atoms with Gasteiger partial charge in [0.2, 0.25) is 0 Å². The van der Waals surface area contributed by atoms with Crippen LogP contribution in [0.5, 0.6) is 0 Å². The molecule has 0 fully saturated rings. The summed E-state index contributed by atoms with van der Waals surface area (Å²) in [6, 6.07) is 0. The van der Waals surface area contributed by atoms with Crippen molar-refractivity contribution in [1.82, 2.24) is 10.2 Å². The van der Waals surface area contributed by atoms with Crippen LogP contribution in [0.15, 0.2) is 0 Å². The third-order valence-electron chi connectivity index (χ3n) is 2.95. The maximum Gasteiger partial charge on any atom is 0.327 e. The van der Waals surface area contributed by atoms with Gasteiger partial charge in [0.15, 0.2) is 0 Å². The number of carbonyl (C=O) groups is 1. The minimum atomic E-state index is -0.726. The van der Waals surface area contributed by atoms with Crippen molar-refractivity contribution in [3.05, 3.63) is 0 Å². The van der Waals surface area contributed by atoms with Crippen LogP contribution in [0.3, 0.4) is 0 Å². The van der Waals surface area contributed by atoms with Crippen LogP contribution in [0, 0.1) is 0 Å². The number of nitrogens with zero attached hydrogens (tertiary/aromatic N) is 1. The van der Waals surface area contributed by atoms with Gasteiger partial charge in [-0.3, -0.25) is 9.69 Å². The van der Waals surface area contributed by atoms with Crippen molar-refractivity contribution < 1.29 is 19.0 Å². The fraction of sp³-hybridized carbons (Fsp3) is 0.917. The van der Waals surface area contributed by atoms with E-state index in [4.69, 9.17) is 14.2 Å². The van der Waals surface area contributed by atoms with Crippen molar-refractivity contribution in [2.45, 2.75) is 12.5 Å². The van der Waals surface area contributed by atoms with Crippen molar-refractivity contribution >= 4 is 5.97 Å². The van der Waals surface area contributed by atoms with Gasteiger partial charge in [-0.05, 0) is 14.0 Å². The molecule has 0 aliphatic heterocycles. The van der Waals surface area contributed by atoms with Crippen LogP contribution in [0.1, 0.15) is 6.92 Å². The normalized spacial score (nSPS) is 14.6. The summed E-state index contributed by atoms with van der Waals surface area (Å²) in [6.45, 7) is 5.09. The Bertz CT molecular complexity index is 230. The van der Waals surface area contributed by atoms with Gasteiger partial charge in [0.05, 0.1) is 20.3 Å². The molecule has 0 amide bonds. The molecule has 6 nitrogen and oxygen atoms in total. The van der Waals surface area contributed by atoms with Crippen LogP contribution < -0.4 is 5.32 Å². The summed E-state index contributed by atoms with van der Waals surface area (Å²) in [6.07, 6.45) is 0. The summed E-state index contributed by atoms with van der Waals surface area (Å²) < 4.78 is 15.0. The lowest BCUT2D eigenvalue weighted by molar-refractivity contribution is -0.148. The molecule has 0 spiro atoms. The van der Waals surface area contributed by atoms with Gasteiger partial charge in [-0.1, -0.05) is 0 Å². The van der Waals surface area contributed by atoms with Gasteiger partial charge >= 0.3 is 5.97 Å². The maximum atomic E-state index is 11.8. The molecule has 1 atom stereocenters. The van der Waals surface area contributed by atoms with E-state index in [-0.39, 0.29) is 5.97 Å². The maximum absolute atomic E-state index is 11.8. The number of hydrogen-bond acceptors (Lipinski definition) is 6. The van der Waals surface area contributed by atoms with Gasteiger partial charge in [0.25, 0.3) is 0 Å². The smallest absolute Gasteiger partial charge is 0.327 e. The molecule has 18 heavy (non-hydrogen) atoms. The predicted octanol–water partition coefficient (Wildman–Crippen LogP) is -0.268. The van der Waals surface area contributed by atoms with E-state index in [1.165, 1.54) is 7.11 Å². The highest BCUT2D eigenvalue weighted by atomic mass is 16.5. The van der Waals surface area contributed by atoms with Crippen LogP contribution in [0.2, 0.25) is 0 Å². The van der Waals surface area contributed by atoms with Gasteiger partial charge in [-0.15, -0.1) is 0 Å². The minimum Gasteiger partial charge on any atom is -0.468 e. The third-order valence-corrected chi connectivity index (χ3v) is 2.95. The summed E-state index contributed by atoms with van der Waals surface area (Å²) >= 11 is 0. The second kappa shape index (κ2) is 9.27. The Morgan fingerprint density at radius 2 is 1.67 bits per heavy atom. The zero-order chi connectivity index (χ0) is 14.0. The van der Waals surface area contributed by atoms with E-state index in [9.17, 15) is 4.79 Å². The van der Waals surface area contributed by atoms with E-state index < -0.39 is 5.54 Å². The molecule has 108 valence electrons. The molecule has 0 saturated heterocycles. The second-order valence-corrected chi connectivity index (χ2v) is 4.34. The van der Waals surface area contributed by atoms with Crippen LogP contribution in [0.25, 0.3) is 0 Å². The van der Waals surface area contributed by atoms with Crippen LogP contribution in [-0.2, 0) is 19.0 Å². The van der Waals surface area contributed by atoms with Crippen LogP contribution >= 0.6 is 0 Å². The Balaban J connectivity index is 4.53. The number of methoxy groups -OCH3 is 3. The largest absolute Gasteiger partial charge is 0.468 e. The first kappa shape index (κ1) is 17.3. The zero-order valence-electron chi connectivity index (χ0n) is 12.1. The second-order valence-electron chi connectivity index (χ2n) is 4.34. The number of nitrogens with one attached hydrogen (secondary N) is 1. The molecule has 0 heterocycles. The topological polar surface area (TPSA) is 60.0 Å². The molecule has 0 aliphatic rings. The Hall–Kier alpha value is -0.690. The first-order chi connectivity index (χ1) is 8.53. The highest BCUT2D eigenvalue weighted by molar-refractivity contribution is 5.80. The van der Waals surface area contributed by atoms with Gasteiger partial charge < -0.3 is 19.5 Å². The van der Waals surface area contributed by atoms with Gasteiger partial charge in [-0.25, -0.2) is 0 Å². The van der Waals surface area contributed by atoms with Crippen molar-refractivity contribution in [2.75, 3.05) is 61.2 Å². The van der Waals surface area contributed by atoms with E-state index in [2.05, 4.69) is 10.2 Å². The number of hydrogen-bond donors (Lipinski definition) is 1. The first-order valence-electron chi connectivity index (χ1n) is 6.01. The van der Waals surface area contributed by atoms with Crippen molar-refractivity contribution in [3.63, 3.8) is 0 Å². The molecule has 1 N–H and O–H groups in total. The summed E-state index contributed by atoms with van der Waals surface area (Å²) in [5, 5.41) is 3.01. The molecular formula is C12H26N2O4. The Morgan fingerprint density at radius 1 is 1.17 bits per heavy atom. The minimum absolute atomic E-state index is 0.273. The van der Waals surface area contributed by atoms with E-state index in [1.54, 1.807) is 21.3 Å². The molecule has 0 aromatic heterocycles. The number of likely N-dealkylation sites (N-methyl/N-ethyl adjacent to an activating group) is 1. The summed E-state index contributed by atoms with van der Waals surface area (Å²) in [4.78, 5) is 13.9. The fourth-order valence-electron chi connectivity index (χ4n) is 1.63. The zero-order valence-corrected chi connectivity index (χ0v) is 12.1. The lowest BCUT2D eigenvalue weighted by Gasteiger charge is -2.32. The molecule has 0 bridgehead atoms. The highest BCUT2D eigenvalue weighted by Crippen LogP contribution is 2.08. The van der Waals surface area contributed by atoms with Crippen LogP contribution in [-0.4, -0.2) is 77.6 Å². The number of carbonyl (C=O) groups excluding carboxylic acids is 1. The van der Waals surface area contributed by atoms with E-state index in [1.807, 2.05) is 6.92 Å². The lowest BCUT2D eigenvalue weighted by atomic mass is 10.0. The summed E-state index contributed by atoms with van der Waals surface area (Å²) in [5.41, 5.74) is -0.726. The molecule has 0 aliphatic carbocycles. The predicted molar refractivity (Wildman–Crippen MR) is 69.7 cm³/mol. The quantitative estimate of drug-likeness (QED) is 0.547. The van der Waals surface area contributed by atoms with Gasteiger partial charge in [0.1, 0.15) is 5.54 Å². The molecule has 1 unspecified atom stereocenters. The SMILES string of the molecule is CNC(C)(CN(CCOC)CCOC)C(=O)OC. The lowest BCUT2D eigenvalue weighted by Crippen LogP contribution is -2.56. The Morgan fingerprint density at radius 3 is 2.00 bits per heavy atom. The Labute approximate surface area is 110 Å². The first-order valence-corrected chi connectivity index (χ1v) is 6.01. The van der Waals surface area contributed by atoms with Gasteiger partial charge in [-0.2, -0.15) is 0 Å².